The third-order valence-electron chi connectivity index (χ3n) is 14.6. The molecule has 282 valence electrons. The Hall–Kier alpha value is -3.76. The number of hydrogen-bond donors (Lipinski definition) is 4. The number of imide groups is 1. The number of aryl methyl sites for hydroxylation is 2. The summed E-state index contributed by atoms with van der Waals surface area (Å²) in [4.78, 5) is 56.0. The van der Waals surface area contributed by atoms with Crippen LogP contribution < -0.4 is 16.4 Å². The van der Waals surface area contributed by atoms with Crippen molar-refractivity contribution >= 4 is 29.3 Å². The molecule has 6 atom stereocenters. The largest absolute Gasteiger partial charge is 0.508 e. The number of rotatable bonds is 9. The minimum Gasteiger partial charge on any atom is -0.508 e. The van der Waals surface area contributed by atoms with Crippen LogP contribution in [0.15, 0.2) is 36.4 Å². The van der Waals surface area contributed by atoms with Crippen molar-refractivity contribution in [1.29, 1.82) is 0 Å². The Morgan fingerprint density at radius 3 is 2.31 bits per heavy atom. The topological polar surface area (TPSA) is 151 Å². The molecule has 5 N–H and O–H groups in total. The Morgan fingerprint density at radius 1 is 0.865 bits per heavy atom. The zero-order valence-corrected chi connectivity index (χ0v) is 32.0. The number of nitrogens with two attached hydrogens (primary N) is 1. The highest BCUT2D eigenvalue weighted by molar-refractivity contribution is 6.01. The van der Waals surface area contributed by atoms with E-state index in [0.29, 0.717) is 18.7 Å². The van der Waals surface area contributed by atoms with E-state index >= 15 is 9.59 Å². The van der Waals surface area contributed by atoms with Crippen LogP contribution in [-0.4, -0.2) is 60.1 Å². The second-order valence-electron chi connectivity index (χ2n) is 17.0. The van der Waals surface area contributed by atoms with Gasteiger partial charge in [-0.15, -0.1) is 0 Å². The van der Waals surface area contributed by atoms with Gasteiger partial charge in [-0.1, -0.05) is 59.6 Å². The summed E-state index contributed by atoms with van der Waals surface area (Å²) < 4.78 is 5.31. The number of anilines is 1. The fourth-order valence-corrected chi connectivity index (χ4v) is 11.3. The van der Waals surface area contributed by atoms with Gasteiger partial charge in [0.2, 0.25) is 23.6 Å². The standard InChI is InChI=1S/C42H58N4O6/c1-7-46(36(50)39(3)18-8-17-38(2)31-23-30(47)14-11-27(31)12-15-33(38)39)37(51)41(5)20-9-19-40(4)32-22-29(13-10-28(32)16-21-42(40,41)6)45-35(49)25-52-26-44-34(48)24-43/h10-11,13-14,22-23,33,47H,7-9,12,15-21,24-26,43H2,1-6H3,(H,44,48)(H,45,49)/t33-,38-,39+,40-,41-,42-/m1/s1. The molecular weight excluding hydrogens is 656 g/mol. The molecule has 52 heavy (non-hydrogen) atoms. The molecule has 0 saturated heterocycles. The van der Waals surface area contributed by atoms with E-state index in [1.54, 1.807) is 11.0 Å². The van der Waals surface area contributed by atoms with E-state index in [1.165, 1.54) is 11.1 Å². The number of carbonyl (C=O) groups is 4. The number of ether oxygens (including phenoxy) is 1. The molecule has 2 fully saturated rings. The molecule has 4 aliphatic carbocycles. The molecule has 10 nitrogen and oxygen atoms in total. The predicted octanol–water partition coefficient (Wildman–Crippen LogP) is 5.87. The summed E-state index contributed by atoms with van der Waals surface area (Å²) >= 11 is 0. The monoisotopic (exact) mass is 714 g/mol. The van der Waals surface area contributed by atoms with Crippen molar-refractivity contribution in [1.82, 2.24) is 10.2 Å². The van der Waals surface area contributed by atoms with E-state index < -0.39 is 16.2 Å². The summed E-state index contributed by atoms with van der Waals surface area (Å²) in [5.41, 5.74) is 8.13. The number of nitrogens with one attached hydrogen (secondary N) is 2. The molecule has 4 aliphatic rings. The van der Waals surface area contributed by atoms with Crippen LogP contribution in [0.2, 0.25) is 0 Å². The average molecular weight is 715 g/mol. The maximum absolute atomic E-state index is 15.2. The highest BCUT2D eigenvalue weighted by Gasteiger charge is 2.65. The maximum Gasteiger partial charge on any atom is 0.250 e. The lowest BCUT2D eigenvalue weighted by atomic mass is 9.41. The zero-order chi connectivity index (χ0) is 37.7. The highest BCUT2D eigenvalue weighted by atomic mass is 16.5. The number of hydrogen-bond acceptors (Lipinski definition) is 7. The molecule has 0 unspecified atom stereocenters. The fourth-order valence-electron chi connectivity index (χ4n) is 11.3. The first kappa shape index (κ1) is 38.0. The number of amides is 4. The van der Waals surface area contributed by atoms with Gasteiger partial charge in [0.05, 0.1) is 17.4 Å². The van der Waals surface area contributed by atoms with Gasteiger partial charge in [-0.3, -0.25) is 24.1 Å². The summed E-state index contributed by atoms with van der Waals surface area (Å²) in [5, 5.41) is 15.9. The van der Waals surface area contributed by atoms with E-state index in [4.69, 9.17) is 10.5 Å². The zero-order valence-electron chi connectivity index (χ0n) is 32.0. The number of nitrogens with zero attached hydrogens (tertiary/aromatic N) is 1. The summed E-state index contributed by atoms with van der Waals surface area (Å²) in [6.07, 6.45) is 8.37. The molecule has 0 aliphatic heterocycles. The molecule has 2 saturated carbocycles. The average Bonchev–Trinajstić information content (AvgIpc) is 3.11. The maximum atomic E-state index is 15.2. The van der Waals surface area contributed by atoms with E-state index in [1.807, 2.05) is 25.1 Å². The van der Waals surface area contributed by atoms with Crippen LogP contribution in [0.1, 0.15) is 115 Å². The van der Waals surface area contributed by atoms with E-state index in [-0.39, 0.29) is 66.0 Å². The summed E-state index contributed by atoms with van der Waals surface area (Å²) in [5.74, 6) is -0.502. The van der Waals surface area contributed by atoms with E-state index in [0.717, 1.165) is 68.9 Å². The van der Waals surface area contributed by atoms with Crippen molar-refractivity contribution in [3.63, 3.8) is 0 Å². The lowest BCUT2D eigenvalue weighted by Crippen LogP contribution is -2.65. The van der Waals surface area contributed by atoms with E-state index in [2.05, 4.69) is 57.4 Å². The van der Waals surface area contributed by atoms with Crippen LogP contribution in [0, 0.1) is 22.2 Å². The number of fused-ring (bicyclic) bond motifs is 6. The summed E-state index contributed by atoms with van der Waals surface area (Å²) in [6, 6.07) is 11.7. The van der Waals surface area contributed by atoms with Crippen LogP contribution in [0.3, 0.4) is 0 Å². The van der Waals surface area contributed by atoms with Crippen molar-refractivity contribution in [2.45, 2.75) is 117 Å². The summed E-state index contributed by atoms with van der Waals surface area (Å²) in [6.45, 7) is 12.8. The van der Waals surface area contributed by atoms with Gasteiger partial charge < -0.3 is 26.2 Å². The van der Waals surface area contributed by atoms with Gasteiger partial charge in [-0.05, 0) is 127 Å². The second-order valence-corrected chi connectivity index (χ2v) is 17.0. The molecule has 0 radical (unpaired) electrons. The van der Waals surface area contributed by atoms with Crippen LogP contribution in [0.5, 0.6) is 5.75 Å². The van der Waals surface area contributed by atoms with Crippen LogP contribution >= 0.6 is 0 Å². The van der Waals surface area contributed by atoms with Crippen molar-refractivity contribution in [2.75, 3.05) is 31.7 Å². The predicted molar refractivity (Wildman–Crippen MR) is 200 cm³/mol. The van der Waals surface area contributed by atoms with Gasteiger partial charge >= 0.3 is 0 Å². The highest BCUT2D eigenvalue weighted by Crippen LogP contribution is 2.66. The third kappa shape index (κ3) is 5.94. The fraction of sp³-hybridized carbons (Fsp3) is 0.619. The van der Waals surface area contributed by atoms with Gasteiger partial charge in [-0.25, -0.2) is 0 Å². The number of phenolic OH excluding ortho intramolecular Hbond substituents is 1. The molecule has 4 amide bonds. The Morgan fingerprint density at radius 2 is 1.58 bits per heavy atom. The van der Waals surface area contributed by atoms with Crippen LogP contribution in [-0.2, 0) is 47.6 Å². The molecule has 6 rings (SSSR count). The van der Waals surface area contributed by atoms with Crippen molar-refractivity contribution in [3.05, 3.63) is 58.7 Å². The molecule has 10 heteroatoms. The second kappa shape index (κ2) is 13.9. The molecule has 0 bridgehead atoms. The number of aromatic hydroxyl groups is 1. The SMILES string of the molecule is CCN(C(=O)[C@@]1(C)CCC[C@]2(C)c3cc(O)ccc3CC[C@@H]12)C(=O)[C@@]1(C)CCC[C@]2(C)c3cc(NC(=O)COCNC(=O)CN)ccc3CC[C@@]12C. The van der Waals surface area contributed by atoms with E-state index in [9.17, 15) is 14.7 Å². The van der Waals surface area contributed by atoms with Gasteiger partial charge in [0.1, 0.15) is 19.1 Å². The van der Waals surface area contributed by atoms with Crippen molar-refractivity contribution in [3.8, 4) is 5.75 Å². The minimum absolute atomic E-state index is 0.0531. The number of benzene rings is 2. The first-order valence-corrected chi connectivity index (χ1v) is 19.2. The van der Waals surface area contributed by atoms with Crippen molar-refractivity contribution in [2.24, 2.45) is 27.9 Å². The Balaban J connectivity index is 1.26. The molecule has 0 spiro atoms. The lowest BCUT2D eigenvalue weighted by Gasteiger charge is -2.63. The first-order chi connectivity index (χ1) is 24.6. The smallest absolute Gasteiger partial charge is 0.250 e. The first-order valence-electron chi connectivity index (χ1n) is 19.2. The normalized spacial score (nSPS) is 31.9. The van der Waals surface area contributed by atoms with Crippen molar-refractivity contribution < 1.29 is 29.0 Å². The van der Waals surface area contributed by atoms with Crippen LogP contribution in [0.25, 0.3) is 0 Å². The van der Waals surface area contributed by atoms with Gasteiger partial charge in [0.15, 0.2) is 0 Å². The van der Waals surface area contributed by atoms with Gasteiger partial charge in [-0.2, -0.15) is 0 Å². The number of carbonyl (C=O) groups excluding carboxylic acids is 4. The molecular formula is C42H58N4O6. The lowest BCUT2D eigenvalue weighted by molar-refractivity contribution is -0.173. The molecule has 2 aromatic carbocycles. The Kier molecular flexibility index (Phi) is 10.2. The van der Waals surface area contributed by atoms with Gasteiger partial charge in [0, 0.05) is 12.2 Å². The van der Waals surface area contributed by atoms with Gasteiger partial charge in [0.25, 0.3) is 0 Å². The van der Waals surface area contributed by atoms with Crippen LogP contribution in [0.4, 0.5) is 5.69 Å². The number of phenols is 1. The molecule has 2 aromatic rings. The Bertz CT molecular complexity index is 1760. The third-order valence-corrected chi connectivity index (χ3v) is 14.6. The molecule has 0 aromatic heterocycles. The minimum atomic E-state index is -0.788. The molecule has 0 heterocycles. The quantitative estimate of drug-likeness (QED) is 0.144. The summed E-state index contributed by atoms with van der Waals surface area (Å²) in [7, 11) is 0. The Labute approximate surface area is 308 Å².